The summed E-state index contributed by atoms with van der Waals surface area (Å²) in [7, 11) is 3.44. The molecule has 1 aromatic carbocycles. The first-order valence-corrected chi connectivity index (χ1v) is 6.55. The van der Waals surface area contributed by atoms with E-state index in [1.807, 2.05) is 45.0 Å². The maximum atomic E-state index is 12.3. The molecule has 0 fully saturated rings. The summed E-state index contributed by atoms with van der Waals surface area (Å²) in [5.74, 6) is 0.652. The third kappa shape index (κ3) is 3.47. The highest BCUT2D eigenvalue weighted by molar-refractivity contribution is 5.79. The summed E-state index contributed by atoms with van der Waals surface area (Å²) in [4.78, 5) is 14.0. The Morgan fingerprint density at radius 2 is 1.84 bits per heavy atom. The van der Waals surface area contributed by atoms with Gasteiger partial charge in [0.25, 0.3) is 0 Å². The van der Waals surface area contributed by atoms with Gasteiger partial charge < -0.3 is 15.4 Å². The van der Waals surface area contributed by atoms with Crippen LogP contribution in [-0.4, -0.2) is 31.0 Å². The second-order valence-corrected chi connectivity index (χ2v) is 5.01. The second-order valence-electron chi connectivity index (χ2n) is 5.01. The Morgan fingerprint density at radius 3 is 2.37 bits per heavy atom. The Bertz CT molecular complexity index is 432. The van der Waals surface area contributed by atoms with Gasteiger partial charge in [-0.3, -0.25) is 4.79 Å². The van der Waals surface area contributed by atoms with Gasteiger partial charge in [0.15, 0.2) is 0 Å². The minimum absolute atomic E-state index is 0.0495. The molecule has 0 aliphatic rings. The minimum atomic E-state index is -0.192. The molecule has 3 atom stereocenters. The molecule has 0 bridgehead atoms. The lowest BCUT2D eigenvalue weighted by atomic mass is 10.00. The summed E-state index contributed by atoms with van der Waals surface area (Å²) in [6.45, 7) is 5.70. The Labute approximate surface area is 115 Å². The van der Waals surface area contributed by atoms with Crippen molar-refractivity contribution in [1.29, 1.82) is 0 Å². The van der Waals surface area contributed by atoms with Gasteiger partial charge in [-0.1, -0.05) is 25.1 Å². The fourth-order valence-corrected chi connectivity index (χ4v) is 1.96. The van der Waals surface area contributed by atoms with Gasteiger partial charge in [-0.25, -0.2) is 0 Å². The van der Waals surface area contributed by atoms with Gasteiger partial charge >= 0.3 is 0 Å². The van der Waals surface area contributed by atoms with E-state index in [1.165, 1.54) is 0 Å². The quantitative estimate of drug-likeness (QED) is 0.887. The number of rotatable bonds is 5. The predicted octanol–water partition coefficient (Wildman–Crippen LogP) is 2.20. The Morgan fingerprint density at radius 1 is 1.26 bits per heavy atom. The first-order valence-electron chi connectivity index (χ1n) is 6.55. The van der Waals surface area contributed by atoms with Gasteiger partial charge in [-0.05, 0) is 19.9 Å². The number of benzene rings is 1. The lowest BCUT2D eigenvalue weighted by molar-refractivity contribution is -0.136. The first kappa shape index (κ1) is 15.5. The number of nitrogens with two attached hydrogens (primary N) is 1. The third-order valence-electron chi connectivity index (χ3n) is 3.70. The SMILES string of the molecule is COc1ccccc1C(C)N(C)C(=O)C(C)C(C)N. The van der Waals surface area contributed by atoms with Crippen molar-refractivity contribution in [2.24, 2.45) is 11.7 Å². The zero-order valence-corrected chi connectivity index (χ0v) is 12.4. The second kappa shape index (κ2) is 6.57. The lowest BCUT2D eigenvalue weighted by Crippen LogP contribution is -2.40. The van der Waals surface area contributed by atoms with Gasteiger partial charge in [0.1, 0.15) is 5.75 Å². The maximum absolute atomic E-state index is 12.3. The van der Waals surface area contributed by atoms with Crippen LogP contribution >= 0.6 is 0 Å². The maximum Gasteiger partial charge on any atom is 0.227 e. The van der Waals surface area contributed by atoms with E-state index in [0.717, 1.165) is 11.3 Å². The molecular weight excluding hydrogens is 240 g/mol. The van der Waals surface area contributed by atoms with Gasteiger partial charge in [0.2, 0.25) is 5.91 Å². The van der Waals surface area contributed by atoms with Crippen molar-refractivity contribution in [3.63, 3.8) is 0 Å². The normalized spacial score (nSPS) is 15.5. The molecule has 0 radical (unpaired) electrons. The van der Waals surface area contributed by atoms with E-state index < -0.39 is 0 Å². The van der Waals surface area contributed by atoms with Crippen molar-refractivity contribution < 1.29 is 9.53 Å². The Balaban J connectivity index is 2.93. The van der Waals surface area contributed by atoms with Crippen LogP contribution < -0.4 is 10.5 Å². The van der Waals surface area contributed by atoms with E-state index in [9.17, 15) is 4.79 Å². The van der Waals surface area contributed by atoms with Crippen molar-refractivity contribution in [3.8, 4) is 5.75 Å². The number of methoxy groups -OCH3 is 1. The van der Waals surface area contributed by atoms with Gasteiger partial charge in [-0.2, -0.15) is 0 Å². The van der Waals surface area contributed by atoms with Crippen molar-refractivity contribution >= 4 is 5.91 Å². The molecule has 0 aliphatic heterocycles. The van der Waals surface area contributed by atoms with Crippen LogP contribution in [0.5, 0.6) is 5.75 Å². The number of carbonyl (C=O) groups excluding carboxylic acids is 1. The summed E-state index contributed by atoms with van der Waals surface area (Å²) in [6, 6.07) is 7.54. The average Bonchev–Trinajstić information content (AvgIpc) is 2.43. The zero-order valence-electron chi connectivity index (χ0n) is 12.4. The topological polar surface area (TPSA) is 55.6 Å². The summed E-state index contributed by atoms with van der Waals surface area (Å²) in [6.07, 6.45) is 0. The summed E-state index contributed by atoms with van der Waals surface area (Å²) in [5.41, 5.74) is 6.80. The number of carbonyl (C=O) groups is 1. The van der Waals surface area contributed by atoms with Crippen LogP contribution in [0, 0.1) is 5.92 Å². The highest BCUT2D eigenvalue weighted by atomic mass is 16.5. The molecule has 0 aromatic heterocycles. The van der Waals surface area contributed by atoms with Crippen LogP contribution in [0.4, 0.5) is 0 Å². The molecule has 0 saturated carbocycles. The lowest BCUT2D eigenvalue weighted by Gasteiger charge is -2.30. The van der Waals surface area contributed by atoms with E-state index in [2.05, 4.69) is 0 Å². The molecule has 3 unspecified atom stereocenters. The largest absolute Gasteiger partial charge is 0.496 e. The van der Waals surface area contributed by atoms with E-state index >= 15 is 0 Å². The molecular formula is C15H24N2O2. The number of hydrogen-bond acceptors (Lipinski definition) is 3. The van der Waals surface area contributed by atoms with Crippen molar-refractivity contribution in [1.82, 2.24) is 4.90 Å². The fraction of sp³-hybridized carbons (Fsp3) is 0.533. The third-order valence-corrected chi connectivity index (χ3v) is 3.70. The molecule has 106 valence electrons. The van der Waals surface area contributed by atoms with Crippen LogP contribution in [0.1, 0.15) is 32.4 Å². The smallest absolute Gasteiger partial charge is 0.227 e. The molecule has 1 amide bonds. The van der Waals surface area contributed by atoms with Crippen LogP contribution in [0.2, 0.25) is 0 Å². The van der Waals surface area contributed by atoms with Crippen molar-refractivity contribution in [3.05, 3.63) is 29.8 Å². The van der Waals surface area contributed by atoms with Crippen LogP contribution in [-0.2, 0) is 4.79 Å². The van der Waals surface area contributed by atoms with Crippen LogP contribution in [0.25, 0.3) is 0 Å². The van der Waals surface area contributed by atoms with Crippen molar-refractivity contribution in [2.45, 2.75) is 32.9 Å². The van der Waals surface area contributed by atoms with Crippen LogP contribution in [0.3, 0.4) is 0 Å². The predicted molar refractivity (Wildman–Crippen MR) is 77.0 cm³/mol. The van der Waals surface area contributed by atoms with E-state index in [4.69, 9.17) is 10.5 Å². The van der Waals surface area contributed by atoms with Crippen LogP contribution in [0.15, 0.2) is 24.3 Å². The zero-order chi connectivity index (χ0) is 14.6. The van der Waals surface area contributed by atoms with Gasteiger partial charge in [0.05, 0.1) is 19.1 Å². The Hall–Kier alpha value is -1.55. The number of ether oxygens (including phenoxy) is 1. The number of para-hydroxylation sites is 1. The molecule has 0 aliphatic carbocycles. The summed E-state index contributed by atoms with van der Waals surface area (Å²) < 4.78 is 5.34. The van der Waals surface area contributed by atoms with Gasteiger partial charge in [0, 0.05) is 18.7 Å². The molecule has 2 N–H and O–H groups in total. The van der Waals surface area contributed by atoms with E-state index in [-0.39, 0.29) is 23.9 Å². The Kier molecular flexibility index (Phi) is 5.36. The fourth-order valence-electron chi connectivity index (χ4n) is 1.96. The number of nitrogens with zero attached hydrogens (tertiary/aromatic N) is 1. The summed E-state index contributed by atoms with van der Waals surface area (Å²) in [5, 5.41) is 0. The average molecular weight is 264 g/mol. The van der Waals surface area contributed by atoms with E-state index in [0.29, 0.717) is 0 Å². The highest BCUT2D eigenvalue weighted by Gasteiger charge is 2.26. The molecule has 4 heteroatoms. The standard InChI is InChI=1S/C15H24N2O2/c1-10(11(2)16)15(18)17(4)12(3)13-8-6-7-9-14(13)19-5/h6-12H,16H2,1-5H3. The summed E-state index contributed by atoms with van der Waals surface area (Å²) >= 11 is 0. The van der Waals surface area contributed by atoms with Crippen molar-refractivity contribution in [2.75, 3.05) is 14.2 Å². The molecule has 0 saturated heterocycles. The van der Waals surface area contributed by atoms with E-state index in [1.54, 1.807) is 19.1 Å². The molecule has 0 heterocycles. The molecule has 4 nitrogen and oxygen atoms in total. The number of amides is 1. The number of hydrogen-bond donors (Lipinski definition) is 1. The molecule has 19 heavy (non-hydrogen) atoms. The monoisotopic (exact) mass is 264 g/mol. The first-order chi connectivity index (χ1) is 8.90. The molecule has 1 aromatic rings. The highest BCUT2D eigenvalue weighted by Crippen LogP contribution is 2.28. The van der Waals surface area contributed by atoms with Gasteiger partial charge in [-0.15, -0.1) is 0 Å². The molecule has 1 rings (SSSR count). The minimum Gasteiger partial charge on any atom is -0.496 e. The molecule has 0 spiro atoms.